The van der Waals surface area contributed by atoms with Crippen molar-refractivity contribution >= 4 is 29.3 Å². The minimum atomic E-state index is -0.461. The largest absolute Gasteiger partial charge is 0.381 e. The van der Waals surface area contributed by atoms with Crippen LogP contribution in [-0.2, 0) is 20.7 Å². The summed E-state index contributed by atoms with van der Waals surface area (Å²) in [7, 11) is 0. The number of ether oxygens (including phenoxy) is 1. The van der Waals surface area contributed by atoms with E-state index in [1.807, 2.05) is 36.4 Å². The van der Waals surface area contributed by atoms with Gasteiger partial charge in [0, 0.05) is 36.3 Å². The van der Waals surface area contributed by atoms with Gasteiger partial charge < -0.3 is 10.1 Å². The third kappa shape index (κ3) is 4.81. The fraction of sp³-hybridized carbons (Fsp3) is 0.381. The van der Waals surface area contributed by atoms with Crippen molar-refractivity contribution in [3.05, 3.63) is 70.7 Å². The zero-order valence-corrected chi connectivity index (χ0v) is 16.3. The molecule has 0 aliphatic carbocycles. The number of nitrogens with one attached hydrogen (secondary N) is 1. The van der Waals surface area contributed by atoms with Crippen LogP contribution in [0.3, 0.4) is 0 Å². The van der Waals surface area contributed by atoms with Crippen molar-refractivity contribution in [2.75, 3.05) is 25.5 Å². The van der Waals surface area contributed by atoms with E-state index in [4.69, 9.17) is 16.3 Å². The molecule has 1 amide bonds. The number of thioether (sulfide) groups is 1. The molecule has 1 saturated heterocycles. The highest BCUT2D eigenvalue weighted by atomic mass is 35.5. The molecule has 1 N–H and O–H groups in total. The highest BCUT2D eigenvalue weighted by Crippen LogP contribution is 2.35. The first-order chi connectivity index (χ1) is 12.7. The Bertz CT molecular complexity index is 717. The Hall–Kier alpha value is -1.49. The van der Waals surface area contributed by atoms with E-state index in [0.29, 0.717) is 19.8 Å². The molecule has 5 heteroatoms. The molecule has 0 spiro atoms. The van der Waals surface area contributed by atoms with Crippen molar-refractivity contribution in [3.63, 3.8) is 0 Å². The van der Waals surface area contributed by atoms with Crippen LogP contribution in [0.25, 0.3) is 0 Å². The Balaban J connectivity index is 1.52. The normalized spacial score (nSPS) is 16.2. The van der Waals surface area contributed by atoms with Gasteiger partial charge in [0.15, 0.2) is 0 Å². The lowest BCUT2D eigenvalue weighted by Crippen LogP contribution is -2.48. The molecule has 3 nitrogen and oxygen atoms in total. The van der Waals surface area contributed by atoms with Crippen LogP contribution in [0.5, 0.6) is 0 Å². The molecule has 1 heterocycles. The van der Waals surface area contributed by atoms with E-state index in [1.54, 1.807) is 11.8 Å². The van der Waals surface area contributed by atoms with Gasteiger partial charge in [-0.2, -0.15) is 11.8 Å². The predicted molar refractivity (Wildman–Crippen MR) is 109 cm³/mol. The van der Waals surface area contributed by atoms with E-state index in [-0.39, 0.29) is 5.91 Å². The number of rotatable bonds is 7. The summed E-state index contributed by atoms with van der Waals surface area (Å²) in [6.45, 7) is 1.93. The van der Waals surface area contributed by atoms with E-state index in [0.717, 1.165) is 34.9 Å². The van der Waals surface area contributed by atoms with Gasteiger partial charge in [-0.3, -0.25) is 4.79 Å². The maximum atomic E-state index is 13.0. The molecule has 3 rings (SSSR count). The Morgan fingerprint density at radius 1 is 1.12 bits per heavy atom. The molecule has 0 bridgehead atoms. The second kappa shape index (κ2) is 9.45. The molecular weight excluding hydrogens is 366 g/mol. The van der Waals surface area contributed by atoms with Crippen molar-refractivity contribution in [1.29, 1.82) is 0 Å². The van der Waals surface area contributed by atoms with Crippen LogP contribution in [0, 0.1) is 0 Å². The molecule has 0 saturated carbocycles. The van der Waals surface area contributed by atoms with Crippen LogP contribution < -0.4 is 5.32 Å². The zero-order chi connectivity index (χ0) is 18.2. The van der Waals surface area contributed by atoms with Gasteiger partial charge in [0.05, 0.1) is 5.41 Å². The van der Waals surface area contributed by atoms with Gasteiger partial charge in [-0.05, 0) is 36.1 Å². The number of carbonyl (C=O) groups is 1. The molecule has 1 aliphatic heterocycles. The summed E-state index contributed by atoms with van der Waals surface area (Å²) >= 11 is 7.81. The predicted octanol–water partition coefficient (Wildman–Crippen LogP) is 4.44. The average molecular weight is 390 g/mol. The topological polar surface area (TPSA) is 38.3 Å². The van der Waals surface area contributed by atoms with Crippen LogP contribution in [-0.4, -0.2) is 31.4 Å². The van der Waals surface area contributed by atoms with E-state index < -0.39 is 5.41 Å². The Labute approximate surface area is 164 Å². The lowest BCUT2D eigenvalue weighted by atomic mass is 9.73. The second-order valence-corrected chi connectivity index (χ2v) is 8.04. The molecular formula is C21H24ClNO2S. The van der Waals surface area contributed by atoms with Crippen LogP contribution in [0.1, 0.15) is 24.0 Å². The molecule has 26 heavy (non-hydrogen) atoms. The number of amides is 1. The van der Waals surface area contributed by atoms with Crippen molar-refractivity contribution in [2.45, 2.75) is 24.0 Å². The summed E-state index contributed by atoms with van der Waals surface area (Å²) in [5, 5.41) is 3.91. The van der Waals surface area contributed by atoms with Gasteiger partial charge >= 0.3 is 0 Å². The maximum Gasteiger partial charge on any atom is 0.230 e. The van der Waals surface area contributed by atoms with Crippen LogP contribution in [0.2, 0.25) is 5.02 Å². The Morgan fingerprint density at radius 3 is 2.62 bits per heavy atom. The fourth-order valence-electron chi connectivity index (χ4n) is 3.35. The minimum absolute atomic E-state index is 0.121. The van der Waals surface area contributed by atoms with Crippen molar-refractivity contribution < 1.29 is 9.53 Å². The smallest absolute Gasteiger partial charge is 0.230 e. The van der Waals surface area contributed by atoms with Crippen LogP contribution in [0.15, 0.2) is 54.6 Å². The molecule has 1 aliphatic rings. The number of hydrogen-bond donors (Lipinski definition) is 1. The molecule has 1 fully saturated rings. The molecule has 2 aromatic rings. The summed E-state index contributed by atoms with van der Waals surface area (Å²) in [6.07, 6.45) is 1.47. The Kier molecular flexibility index (Phi) is 7.00. The number of halogens is 1. The van der Waals surface area contributed by atoms with Crippen LogP contribution >= 0.6 is 23.4 Å². The monoisotopic (exact) mass is 389 g/mol. The summed E-state index contributed by atoms with van der Waals surface area (Å²) in [6, 6.07) is 18.0. The van der Waals surface area contributed by atoms with E-state index >= 15 is 0 Å². The first kappa shape index (κ1) is 19.3. The molecule has 0 radical (unpaired) electrons. The summed E-state index contributed by atoms with van der Waals surface area (Å²) in [5.74, 6) is 1.89. The van der Waals surface area contributed by atoms with Gasteiger partial charge in [-0.15, -0.1) is 0 Å². The second-order valence-electron chi connectivity index (χ2n) is 6.50. The van der Waals surface area contributed by atoms with E-state index in [9.17, 15) is 4.79 Å². The SMILES string of the molecule is O=C(NCCSCc1cccc(Cl)c1)C1(c2ccccc2)CCOCC1. The molecule has 0 atom stereocenters. The lowest BCUT2D eigenvalue weighted by molar-refractivity contribution is -0.130. The minimum Gasteiger partial charge on any atom is -0.381 e. The average Bonchev–Trinajstić information content (AvgIpc) is 2.69. The van der Waals surface area contributed by atoms with E-state index in [2.05, 4.69) is 23.5 Å². The maximum absolute atomic E-state index is 13.0. The quantitative estimate of drug-likeness (QED) is 0.711. The highest BCUT2D eigenvalue weighted by Gasteiger charge is 2.41. The number of hydrogen-bond acceptors (Lipinski definition) is 3. The van der Waals surface area contributed by atoms with Gasteiger partial charge in [0.25, 0.3) is 0 Å². The van der Waals surface area contributed by atoms with Crippen molar-refractivity contribution in [2.24, 2.45) is 0 Å². The summed E-state index contributed by atoms with van der Waals surface area (Å²) in [4.78, 5) is 13.0. The lowest BCUT2D eigenvalue weighted by Gasteiger charge is -2.36. The molecule has 0 aromatic heterocycles. The summed E-state index contributed by atoms with van der Waals surface area (Å²) < 4.78 is 5.50. The van der Waals surface area contributed by atoms with E-state index in [1.165, 1.54) is 5.56 Å². The van der Waals surface area contributed by atoms with Gasteiger partial charge in [0.2, 0.25) is 5.91 Å². The summed E-state index contributed by atoms with van der Waals surface area (Å²) in [5.41, 5.74) is 1.84. The highest BCUT2D eigenvalue weighted by molar-refractivity contribution is 7.98. The van der Waals surface area contributed by atoms with Crippen LogP contribution in [0.4, 0.5) is 0 Å². The molecule has 2 aromatic carbocycles. The number of carbonyl (C=O) groups excluding carboxylic acids is 1. The Morgan fingerprint density at radius 2 is 1.88 bits per heavy atom. The fourth-order valence-corrected chi connectivity index (χ4v) is 4.37. The third-order valence-electron chi connectivity index (χ3n) is 4.80. The first-order valence-corrected chi connectivity index (χ1v) is 10.5. The zero-order valence-electron chi connectivity index (χ0n) is 14.7. The van der Waals surface area contributed by atoms with Crippen molar-refractivity contribution in [1.82, 2.24) is 5.32 Å². The van der Waals surface area contributed by atoms with Crippen molar-refractivity contribution in [3.8, 4) is 0 Å². The van der Waals surface area contributed by atoms with Gasteiger partial charge in [-0.1, -0.05) is 54.1 Å². The molecule has 0 unspecified atom stereocenters. The van der Waals surface area contributed by atoms with Gasteiger partial charge in [-0.25, -0.2) is 0 Å². The first-order valence-electron chi connectivity index (χ1n) is 8.94. The number of benzene rings is 2. The molecule has 138 valence electrons. The standard InChI is InChI=1S/C21H24ClNO2S/c22-19-8-4-5-17(15-19)16-26-14-11-23-20(24)21(9-12-25-13-10-21)18-6-2-1-3-7-18/h1-8,15H,9-14,16H2,(H,23,24). The van der Waals surface area contributed by atoms with Gasteiger partial charge in [0.1, 0.15) is 0 Å². The third-order valence-corrected chi connectivity index (χ3v) is 6.06.